The van der Waals surface area contributed by atoms with E-state index in [9.17, 15) is 5.26 Å². The lowest BCUT2D eigenvalue weighted by Crippen LogP contribution is -2.48. The Morgan fingerprint density at radius 2 is 1.39 bits per heavy atom. The average Bonchev–Trinajstić information content (AvgIpc) is 3.85. The van der Waals surface area contributed by atoms with Gasteiger partial charge in [-0.2, -0.15) is 10.5 Å². The van der Waals surface area contributed by atoms with Crippen molar-refractivity contribution in [2.45, 2.75) is 31.3 Å². The largest absolute Gasteiger partial charge is 0.348 e. The number of hydrogen-bond acceptors (Lipinski definition) is 9. The highest BCUT2D eigenvalue weighted by molar-refractivity contribution is 7.22. The van der Waals surface area contributed by atoms with Crippen LogP contribution >= 0.6 is 22.7 Å². The van der Waals surface area contributed by atoms with E-state index in [1.807, 2.05) is 76.8 Å². The van der Waals surface area contributed by atoms with Crippen molar-refractivity contribution in [1.29, 1.82) is 10.5 Å². The van der Waals surface area contributed by atoms with Gasteiger partial charge in [-0.05, 0) is 36.4 Å². The lowest BCUT2D eigenvalue weighted by atomic mass is 10.2. The minimum atomic E-state index is -0.0901. The lowest BCUT2D eigenvalue weighted by molar-refractivity contribution is 0.769. The number of anilines is 2. The summed E-state index contributed by atoms with van der Waals surface area (Å²) < 4.78 is 2.24. The molecule has 14 heteroatoms. The quantitative estimate of drug-likeness (QED) is 0.213. The summed E-state index contributed by atoms with van der Waals surface area (Å²) in [5.41, 5.74) is 2.96. The van der Waals surface area contributed by atoms with Crippen LogP contribution < -0.4 is 20.4 Å². The zero-order chi connectivity index (χ0) is 31.7. The number of hydrogen-bond donors (Lipinski definition) is 3. The topological polar surface area (TPSA) is 157 Å². The summed E-state index contributed by atoms with van der Waals surface area (Å²) in [6.45, 7) is 0.610. The van der Waals surface area contributed by atoms with Crippen molar-refractivity contribution >= 4 is 65.3 Å². The Hall–Kier alpha value is -5.57. The van der Waals surface area contributed by atoms with Crippen molar-refractivity contribution in [2.75, 3.05) is 23.4 Å². The van der Waals surface area contributed by atoms with Crippen LogP contribution in [-0.4, -0.2) is 57.5 Å². The van der Waals surface area contributed by atoms with E-state index in [2.05, 4.69) is 48.8 Å². The summed E-state index contributed by atoms with van der Waals surface area (Å²) >= 11 is 3.21. The van der Waals surface area contributed by atoms with Gasteiger partial charge in [0, 0.05) is 44.3 Å². The highest BCUT2D eigenvalue weighted by Crippen LogP contribution is 2.32. The molecule has 5 aromatic rings. The Labute approximate surface area is 273 Å². The van der Waals surface area contributed by atoms with E-state index in [1.54, 1.807) is 42.2 Å². The third-order valence-corrected chi connectivity index (χ3v) is 9.24. The van der Waals surface area contributed by atoms with Crippen molar-refractivity contribution < 1.29 is 0 Å². The van der Waals surface area contributed by atoms with Gasteiger partial charge in [0.05, 0.1) is 63.8 Å². The molecular formula is C32H30N12S2. The van der Waals surface area contributed by atoms with E-state index in [-0.39, 0.29) is 12.1 Å². The Bertz CT molecular complexity index is 1920. The number of fused-ring (bicyclic) bond motifs is 2. The fraction of sp³-hybridized carbons (Fsp3) is 0.219. The molecule has 12 nitrogen and oxygen atoms in total. The minimum Gasteiger partial charge on any atom is -0.348 e. The molecule has 2 aliphatic rings. The third-order valence-electron chi connectivity index (χ3n) is 7.17. The third kappa shape index (κ3) is 6.73. The van der Waals surface area contributed by atoms with Gasteiger partial charge >= 0.3 is 0 Å². The number of aliphatic imine (C=N–C) groups is 2. The SMILES string of the molecule is CN=C1NC=CC(CC#N)N1c1nc2ccccc2s1.N#CCC1C=CNC(=NCCc2cnc[nH]2)N1c1nc2ccccc2s1. The van der Waals surface area contributed by atoms with Crippen LogP contribution in [0.5, 0.6) is 0 Å². The zero-order valence-electron chi connectivity index (χ0n) is 24.9. The first-order valence-corrected chi connectivity index (χ1v) is 16.2. The fourth-order valence-electron chi connectivity index (χ4n) is 4.99. The van der Waals surface area contributed by atoms with E-state index in [0.29, 0.717) is 31.3 Å². The average molecular weight is 647 g/mol. The van der Waals surface area contributed by atoms with E-state index in [4.69, 9.17) is 15.2 Å². The molecule has 0 amide bonds. The number of guanidine groups is 2. The summed E-state index contributed by atoms with van der Waals surface area (Å²) in [7, 11) is 1.73. The van der Waals surface area contributed by atoms with Crippen molar-refractivity contribution in [2.24, 2.45) is 9.98 Å². The molecule has 2 aromatic carbocycles. The summed E-state index contributed by atoms with van der Waals surface area (Å²) in [6.07, 6.45) is 12.6. The monoisotopic (exact) mass is 646 g/mol. The Kier molecular flexibility index (Phi) is 9.58. The predicted octanol–water partition coefficient (Wildman–Crippen LogP) is 5.31. The summed E-state index contributed by atoms with van der Waals surface area (Å²) in [5, 5.41) is 26.2. The Morgan fingerprint density at radius 1 is 0.826 bits per heavy atom. The number of nitriles is 2. The number of aromatic amines is 1. The number of rotatable bonds is 7. The summed E-state index contributed by atoms with van der Waals surface area (Å²) in [6, 6.07) is 20.4. The molecule has 0 bridgehead atoms. The van der Waals surface area contributed by atoms with Crippen LogP contribution in [0.2, 0.25) is 0 Å². The predicted molar refractivity (Wildman–Crippen MR) is 185 cm³/mol. The van der Waals surface area contributed by atoms with Crippen LogP contribution in [0.4, 0.5) is 10.3 Å². The number of imidazole rings is 1. The van der Waals surface area contributed by atoms with Gasteiger partial charge in [0.1, 0.15) is 0 Å². The fourth-order valence-corrected chi connectivity index (χ4v) is 7.04. The molecule has 7 rings (SSSR count). The Morgan fingerprint density at radius 3 is 1.91 bits per heavy atom. The summed E-state index contributed by atoms with van der Waals surface area (Å²) in [5.74, 6) is 1.43. The normalized spacial score (nSPS) is 19.0. The lowest BCUT2D eigenvalue weighted by Gasteiger charge is -2.32. The number of H-pyrrole nitrogens is 1. The number of nitrogens with zero attached hydrogens (tertiary/aromatic N) is 9. The number of benzene rings is 2. The molecule has 2 aliphatic heterocycles. The van der Waals surface area contributed by atoms with Crippen LogP contribution in [-0.2, 0) is 6.42 Å². The van der Waals surface area contributed by atoms with Crippen LogP contribution in [0, 0.1) is 22.7 Å². The molecule has 3 N–H and O–H groups in total. The van der Waals surface area contributed by atoms with Gasteiger partial charge in [0.25, 0.3) is 0 Å². The zero-order valence-corrected chi connectivity index (χ0v) is 26.5. The second-order valence-electron chi connectivity index (χ2n) is 10.1. The van der Waals surface area contributed by atoms with Crippen molar-refractivity contribution in [3.05, 3.63) is 91.3 Å². The van der Waals surface area contributed by atoms with Crippen LogP contribution in [0.15, 0.2) is 95.6 Å². The van der Waals surface area contributed by atoms with Gasteiger partial charge in [-0.25, -0.2) is 15.0 Å². The van der Waals surface area contributed by atoms with Gasteiger partial charge in [-0.15, -0.1) is 0 Å². The summed E-state index contributed by atoms with van der Waals surface area (Å²) in [4.78, 5) is 29.4. The maximum atomic E-state index is 9.21. The maximum Gasteiger partial charge on any atom is 0.204 e. The van der Waals surface area contributed by atoms with Crippen molar-refractivity contribution in [3.63, 3.8) is 0 Å². The second-order valence-corrected chi connectivity index (χ2v) is 12.1. The standard InChI is InChI=1S/C18H17N7S.C14H13N5S/c19-8-5-14-7-10-22-17(21-9-6-13-11-20-12-23-13)25(14)18-24-15-3-1-2-4-16(15)26-18;1-16-13-17-9-7-10(6-8-15)19(13)14-18-11-4-2-3-5-12(11)20-14/h1-4,7,10-12,14H,5-6,9H2,(H,20,23)(H,21,22);2-5,7,9-10H,6H2,1H3,(H,16,17). The molecule has 0 saturated heterocycles. The molecule has 46 heavy (non-hydrogen) atoms. The van der Waals surface area contributed by atoms with Gasteiger partial charge in [-0.3, -0.25) is 19.8 Å². The van der Waals surface area contributed by atoms with Gasteiger partial charge in [0.2, 0.25) is 11.9 Å². The van der Waals surface area contributed by atoms with E-state index in [1.165, 1.54) is 0 Å². The second kappa shape index (κ2) is 14.5. The number of nitrogens with one attached hydrogen (secondary N) is 3. The van der Waals surface area contributed by atoms with Gasteiger partial charge in [-0.1, -0.05) is 46.9 Å². The molecule has 2 unspecified atom stereocenters. The van der Waals surface area contributed by atoms with Crippen molar-refractivity contribution in [3.8, 4) is 12.1 Å². The molecular weight excluding hydrogens is 617 g/mol. The van der Waals surface area contributed by atoms with E-state index < -0.39 is 0 Å². The number of aromatic nitrogens is 4. The van der Waals surface area contributed by atoms with E-state index >= 15 is 0 Å². The highest BCUT2D eigenvalue weighted by atomic mass is 32.1. The molecule has 230 valence electrons. The molecule has 0 radical (unpaired) electrons. The van der Waals surface area contributed by atoms with Crippen LogP contribution in [0.1, 0.15) is 18.5 Å². The smallest absolute Gasteiger partial charge is 0.204 e. The highest BCUT2D eigenvalue weighted by Gasteiger charge is 2.28. The first kappa shape index (κ1) is 30.5. The minimum absolute atomic E-state index is 0.0412. The molecule has 0 spiro atoms. The van der Waals surface area contributed by atoms with Crippen molar-refractivity contribution in [1.82, 2.24) is 30.6 Å². The molecule has 0 aliphatic carbocycles. The van der Waals surface area contributed by atoms with Gasteiger partial charge in [0.15, 0.2) is 10.3 Å². The molecule has 3 aromatic heterocycles. The molecule has 5 heterocycles. The van der Waals surface area contributed by atoms with Crippen LogP contribution in [0.3, 0.4) is 0 Å². The Balaban J connectivity index is 0.000000167. The number of thiazole rings is 2. The van der Waals surface area contributed by atoms with Crippen LogP contribution in [0.25, 0.3) is 20.4 Å². The van der Waals surface area contributed by atoms with E-state index in [0.717, 1.165) is 42.8 Å². The molecule has 0 saturated carbocycles. The molecule has 0 fully saturated rings. The number of para-hydroxylation sites is 2. The molecule has 2 atom stereocenters. The van der Waals surface area contributed by atoms with Gasteiger partial charge < -0.3 is 15.6 Å². The first-order valence-electron chi connectivity index (χ1n) is 14.6. The first-order chi connectivity index (χ1) is 22.7. The maximum absolute atomic E-state index is 9.21.